The van der Waals surface area contributed by atoms with Crippen LogP contribution in [0.2, 0.25) is 0 Å². The zero-order chi connectivity index (χ0) is 31.1. The van der Waals surface area contributed by atoms with Crippen molar-refractivity contribution < 1.29 is 27.5 Å². The lowest BCUT2D eigenvalue weighted by molar-refractivity contribution is -0.140. The van der Waals surface area contributed by atoms with Crippen molar-refractivity contribution in [1.82, 2.24) is 10.2 Å². The quantitative estimate of drug-likeness (QED) is 0.318. The van der Waals surface area contributed by atoms with Crippen LogP contribution in [0.5, 0.6) is 11.5 Å². The molecule has 3 aromatic rings. The Balaban J connectivity index is 2.08. The molecule has 42 heavy (non-hydrogen) atoms. The smallest absolute Gasteiger partial charge is 0.264 e. The number of carbonyl (C=O) groups excluding carboxylic acids is 2. The van der Waals surface area contributed by atoms with Crippen LogP contribution >= 0.6 is 0 Å². The largest absolute Gasteiger partial charge is 0.497 e. The average Bonchev–Trinajstić information content (AvgIpc) is 2.94. The molecule has 0 radical (unpaired) electrons. The molecule has 1 atom stereocenters. The molecule has 1 N–H and O–H groups in total. The van der Waals surface area contributed by atoms with Crippen molar-refractivity contribution in [3.05, 3.63) is 83.9 Å². The monoisotopic (exact) mass is 595 g/mol. The zero-order valence-corrected chi connectivity index (χ0v) is 26.2. The van der Waals surface area contributed by atoms with Crippen molar-refractivity contribution in [3.63, 3.8) is 0 Å². The van der Waals surface area contributed by atoms with Gasteiger partial charge in [-0.2, -0.15) is 0 Å². The number of hydrogen-bond donors (Lipinski definition) is 1. The number of amides is 2. The number of para-hydroxylation sites is 2. The second-order valence-electron chi connectivity index (χ2n) is 11.0. The van der Waals surface area contributed by atoms with Gasteiger partial charge < -0.3 is 19.7 Å². The Kier molecular flexibility index (Phi) is 10.6. The highest BCUT2D eigenvalue weighted by Crippen LogP contribution is 2.33. The van der Waals surface area contributed by atoms with Gasteiger partial charge in [-0.25, -0.2) is 8.42 Å². The van der Waals surface area contributed by atoms with Crippen molar-refractivity contribution in [2.24, 2.45) is 0 Å². The first-order valence-electron chi connectivity index (χ1n) is 13.8. The number of rotatable bonds is 12. The minimum Gasteiger partial charge on any atom is -0.497 e. The summed E-state index contributed by atoms with van der Waals surface area (Å²) in [5.74, 6) is 0.0677. The molecule has 2 amide bonds. The summed E-state index contributed by atoms with van der Waals surface area (Å²) in [5, 5.41) is 2.93. The summed E-state index contributed by atoms with van der Waals surface area (Å²) in [6.07, 6.45) is 0. The number of aryl methyl sites for hydroxylation is 1. The average molecular weight is 596 g/mol. The van der Waals surface area contributed by atoms with E-state index in [1.54, 1.807) is 81.6 Å². The predicted molar refractivity (Wildman–Crippen MR) is 164 cm³/mol. The molecule has 226 valence electrons. The predicted octanol–water partition coefficient (Wildman–Crippen LogP) is 4.93. The van der Waals surface area contributed by atoms with Gasteiger partial charge in [-0.1, -0.05) is 42.0 Å². The third-order valence-electron chi connectivity index (χ3n) is 6.50. The molecule has 10 heteroatoms. The number of benzene rings is 3. The molecule has 0 aliphatic heterocycles. The lowest BCUT2D eigenvalue weighted by atomic mass is 10.1. The Morgan fingerprint density at radius 2 is 1.57 bits per heavy atom. The van der Waals surface area contributed by atoms with Gasteiger partial charge in [0, 0.05) is 12.1 Å². The molecule has 3 rings (SSSR count). The Morgan fingerprint density at radius 1 is 0.952 bits per heavy atom. The molecule has 0 fully saturated rings. The van der Waals surface area contributed by atoms with E-state index in [2.05, 4.69) is 5.32 Å². The highest BCUT2D eigenvalue weighted by Gasteiger charge is 2.34. The summed E-state index contributed by atoms with van der Waals surface area (Å²) in [6.45, 7) is 10.7. The highest BCUT2D eigenvalue weighted by molar-refractivity contribution is 7.92. The van der Waals surface area contributed by atoms with Gasteiger partial charge in [-0.15, -0.1) is 0 Å². The van der Waals surface area contributed by atoms with Crippen LogP contribution in [-0.4, -0.2) is 57.0 Å². The first kappa shape index (κ1) is 32.5. The minimum absolute atomic E-state index is 0.0347. The summed E-state index contributed by atoms with van der Waals surface area (Å²) in [7, 11) is -2.65. The molecular formula is C32H41N3O6S. The number of ether oxygens (including phenoxy) is 2. The van der Waals surface area contributed by atoms with E-state index in [1.165, 1.54) is 17.0 Å². The zero-order valence-electron chi connectivity index (χ0n) is 25.4. The molecule has 0 aliphatic carbocycles. The van der Waals surface area contributed by atoms with E-state index < -0.39 is 34.1 Å². The van der Waals surface area contributed by atoms with Crippen molar-refractivity contribution in [2.45, 2.75) is 64.6 Å². The Morgan fingerprint density at radius 3 is 2.14 bits per heavy atom. The van der Waals surface area contributed by atoms with E-state index in [-0.39, 0.29) is 23.0 Å². The first-order chi connectivity index (χ1) is 19.8. The molecule has 0 aromatic heterocycles. The lowest BCUT2D eigenvalue weighted by Crippen LogP contribution is -2.54. The van der Waals surface area contributed by atoms with Crippen molar-refractivity contribution in [1.29, 1.82) is 0 Å². The van der Waals surface area contributed by atoms with Gasteiger partial charge >= 0.3 is 0 Å². The fourth-order valence-corrected chi connectivity index (χ4v) is 5.70. The maximum absolute atomic E-state index is 14.1. The number of hydrogen-bond acceptors (Lipinski definition) is 6. The standard InChI is InChI=1S/C32H41N3O6S/c1-8-41-29-12-10-9-11-28(29)35(42(38,39)27-19-13-23(2)14-20-27)22-30(36)34(24(3)31(37)33-32(4,5)6)21-25-15-17-26(40-7)18-16-25/h9-20,24H,8,21-22H2,1-7H3,(H,33,37)/t24-/m0/s1. The second kappa shape index (κ2) is 13.7. The van der Waals surface area contributed by atoms with Gasteiger partial charge in [-0.3, -0.25) is 13.9 Å². The maximum atomic E-state index is 14.1. The lowest BCUT2D eigenvalue weighted by Gasteiger charge is -2.33. The van der Waals surface area contributed by atoms with E-state index in [1.807, 2.05) is 27.7 Å². The second-order valence-corrected chi connectivity index (χ2v) is 12.9. The number of nitrogens with zero attached hydrogens (tertiary/aromatic N) is 2. The minimum atomic E-state index is -4.21. The van der Waals surface area contributed by atoms with Crippen LogP contribution in [0.3, 0.4) is 0 Å². The third kappa shape index (κ3) is 8.25. The van der Waals surface area contributed by atoms with Crippen LogP contribution in [0.15, 0.2) is 77.7 Å². The first-order valence-corrected chi connectivity index (χ1v) is 15.3. The number of methoxy groups -OCH3 is 1. The van der Waals surface area contributed by atoms with Crippen LogP contribution in [0, 0.1) is 6.92 Å². The van der Waals surface area contributed by atoms with Crippen molar-refractivity contribution in [2.75, 3.05) is 24.6 Å². The van der Waals surface area contributed by atoms with Gasteiger partial charge in [0.25, 0.3) is 10.0 Å². The molecule has 0 saturated heterocycles. The Labute approximate surface area is 249 Å². The number of nitrogens with one attached hydrogen (secondary N) is 1. The molecular weight excluding hydrogens is 554 g/mol. The van der Waals surface area contributed by atoms with E-state index in [0.717, 1.165) is 15.4 Å². The van der Waals surface area contributed by atoms with Crippen LogP contribution in [0.1, 0.15) is 45.7 Å². The fraction of sp³-hybridized carbons (Fsp3) is 0.375. The van der Waals surface area contributed by atoms with E-state index in [4.69, 9.17) is 9.47 Å². The van der Waals surface area contributed by atoms with Crippen LogP contribution < -0.4 is 19.1 Å². The van der Waals surface area contributed by atoms with E-state index in [0.29, 0.717) is 18.1 Å². The summed E-state index contributed by atoms with van der Waals surface area (Å²) >= 11 is 0. The summed E-state index contributed by atoms with van der Waals surface area (Å²) in [6, 6.07) is 19.4. The van der Waals surface area contributed by atoms with Crippen molar-refractivity contribution >= 4 is 27.5 Å². The molecule has 3 aromatic carbocycles. The fourth-order valence-electron chi connectivity index (χ4n) is 4.28. The Bertz CT molecular complexity index is 1470. The van der Waals surface area contributed by atoms with Gasteiger partial charge in [0.05, 0.1) is 24.3 Å². The van der Waals surface area contributed by atoms with Gasteiger partial charge in [0.1, 0.15) is 24.1 Å². The number of anilines is 1. The highest BCUT2D eigenvalue weighted by atomic mass is 32.2. The van der Waals surface area contributed by atoms with Crippen LogP contribution in [-0.2, 0) is 26.2 Å². The summed E-state index contributed by atoms with van der Waals surface area (Å²) in [4.78, 5) is 28.8. The Hall–Kier alpha value is -4.05. The normalized spacial score (nSPS) is 12.3. The molecule has 0 saturated carbocycles. The molecule has 0 spiro atoms. The SMILES string of the molecule is CCOc1ccccc1N(CC(=O)N(Cc1ccc(OC)cc1)[C@@H](C)C(=O)NC(C)(C)C)S(=O)(=O)c1ccc(C)cc1. The maximum Gasteiger partial charge on any atom is 0.264 e. The van der Waals surface area contributed by atoms with Gasteiger partial charge in [0.15, 0.2) is 0 Å². The molecule has 0 aliphatic rings. The van der Waals surface area contributed by atoms with E-state index in [9.17, 15) is 18.0 Å². The number of carbonyl (C=O) groups is 2. The topological polar surface area (TPSA) is 105 Å². The van der Waals surface area contributed by atoms with Gasteiger partial charge in [0.2, 0.25) is 11.8 Å². The molecule has 0 heterocycles. The van der Waals surface area contributed by atoms with E-state index >= 15 is 0 Å². The molecule has 9 nitrogen and oxygen atoms in total. The summed E-state index contributed by atoms with van der Waals surface area (Å²) in [5.41, 5.74) is 1.35. The molecule has 0 bridgehead atoms. The third-order valence-corrected chi connectivity index (χ3v) is 8.27. The molecule has 0 unspecified atom stereocenters. The summed E-state index contributed by atoms with van der Waals surface area (Å²) < 4.78 is 40.2. The van der Waals surface area contributed by atoms with Crippen molar-refractivity contribution in [3.8, 4) is 11.5 Å². The van der Waals surface area contributed by atoms with Crippen LogP contribution in [0.25, 0.3) is 0 Å². The number of sulfonamides is 1. The van der Waals surface area contributed by atoms with Crippen LogP contribution in [0.4, 0.5) is 5.69 Å². The van der Waals surface area contributed by atoms with Gasteiger partial charge in [-0.05, 0) is 83.5 Å².